The molecule has 0 spiro atoms. The van der Waals surface area contributed by atoms with Gasteiger partial charge in [-0.25, -0.2) is 0 Å². The number of hydrogen-bond donors (Lipinski definition) is 3. The SMILES string of the molecule is CCNC(=NCC(O)COCc1ccccc1)NC(C)CC. The minimum Gasteiger partial charge on any atom is -0.389 e. The van der Waals surface area contributed by atoms with Gasteiger partial charge in [0.15, 0.2) is 5.96 Å². The zero-order chi connectivity index (χ0) is 16.2. The first-order valence-corrected chi connectivity index (χ1v) is 8.00. The van der Waals surface area contributed by atoms with Crippen LogP contribution in [0.2, 0.25) is 0 Å². The summed E-state index contributed by atoms with van der Waals surface area (Å²) in [5, 5.41) is 16.4. The molecule has 3 N–H and O–H groups in total. The van der Waals surface area contributed by atoms with Crippen LogP contribution in [-0.2, 0) is 11.3 Å². The number of rotatable bonds is 9. The van der Waals surface area contributed by atoms with Crippen LogP contribution in [0.5, 0.6) is 0 Å². The number of aliphatic imine (C=N–C) groups is 1. The maximum absolute atomic E-state index is 9.95. The van der Waals surface area contributed by atoms with Crippen molar-refractivity contribution in [2.75, 3.05) is 19.7 Å². The van der Waals surface area contributed by atoms with E-state index in [0.717, 1.165) is 24.5 Å². The molecule has 0 aromatic heterocycles. The molecule has 0 aliphatic rings. The highest BCUT2D eigenvalue weighted by Crippen LogP contribution is 2.01. The fourth-order valence-electron chi connectivity index (χ4n) is 1.79. The van der Waals surface area contributed by atoms with Crippen LogP contribution in [0.25, 0.3) is 0 Å². The van der Waals surface area contributed by atoms with E-state index in [1.165, 1.54) is 0 Å². The topological polar surface area (TPSA) is 65.9 Å². The Bertz CT molecular complexity index is 423. The van der Waals surface area contributed by atoms with Gasteiger partial charge in [0.05, 0.1) is 25.9 Å². The maximum Gasteiger partial charge on any atom is 0.191 e. The summed E-state index contributed by atoms with van der Waals surface area (Å²) >= 11 is 0. The number of guanidine groups is 1. The standard InChI is InChI=1S/C17H29N3O2/c1-4-14(3)20-17(18-5-2)19-11-16(21)13-22-12-15-9-7-6-8-10-15/h6-10,14,16,21H,4-5,11-13H2,1-3H3,(H2,18,19,20). The zero-order valence-electron chi connectivity index (χ0n) is 13.9. The second-order valence-electron chi connectivity index (χ2n) is 5.33. The normalized spacial score (nSPS) is 14.5. The third-order valence-corrected chi connectivity index (χ3v) is 3.22. The van der Waals surface area contributed by atoms with Gasteiger partial charge in [-0.2, -0.15) is 0 Å². The molecule has 2 unspecified atom stereocenters. The second kappa shape index (κ2) is 11.0. The smallest absolute Gasteiger partial charge is 0.191 e. The monoisotopic (exact) mass is 307 g/mol. The lowest BCUT2D eigenvalue weighted by molar-refractivity contribution is 0.0331. The summed E-state index contributed by atoms with van der Waals surface area (Å²) in [6, 6.07) is 10.3. The van der Waals surface area contributed by atoms with Crippen molar-refractivity contribution in [3.05, 3.63) is 35.9 Å². The fourth-order valence-corrected chi connectivity index (χ4v) is 1.79. The molecule has 0 saturated heterocycles. The van der Waals surface area contributed by atoms with Crippen molar-refractivity contribution >= 4 is 5.96 Å². The van der Waals surface area contributed by atoms with E-state index in [9.17, 15) is 5.11 Å². The van der Waals surface area contributed by atoms with Crippen molar-refractivity contribution in [2.45, 2.75) is 45.9 Å². The highest BCUT2D eigenvalue weighted by molar-refractivity contribution is 5.80. The van der Waals surface area contributed by atoms with Gasteiger partial charge in [0.25, 0.3) is 0 Å². The van der Waals surface area contributed by atoms with Crippen LogP contribution in [0, 0.1) is 0 Å². The third-order valence-electron chi connectivity index (χ3n) is 3.22. The fraction of sp³-hybridized carbons (Fsp3) is 0.588. The van der Waals surface area contributed by atoms with Gasteiger partial charge in [-0.15, -0.1) is 0 Å². The van der Waals surface area contributed by atoms with Crippen LogP contribution in [-0.4, -0.2) is 42.9 Å². The Morgan fingerprint density at radius 1 is 1.27 bits per heavy atom. The first-order chi connectivity index (χ1) is 10.7. The minimum atomic E-state index is -0.601. The highest BCUT2D eigenvalue weighted by Gasteiger charge is 2.06. The average Bonchev–Trinajstić information content (AvgIpc) is 2.53. The number of nitrogens with one attached hydrogen (secondary N) is 2. The molecular formula is C17H29N3O2. The first-order valence-electron chi connectivity index (χ1n) is 8.00. The summed E-state index contributed by atoms with van der Waals surface area (Å²) < 4.78 is 5.52. The number of ether oxygens (including phenoxy) is 1. The summed E-state index contributed by atoms with van der Waals surface area (Å²) in [6.45, 7) is 8.14. The van der Waals surface area contributed by atoms with E-state index < -0.39 is 6.10 Å². The van der Waals surface area contributed by atoms with Gasteiger partial charge in [0, 0.05) is 12.6 Å². The van der Waals surface area contributed by atoms with Crippen molar-refractivity contribution in [2.24, 2.45) is 4.99 Å². The van der Waals surface area contributed by atoms with Crippen LogP contribution < -0.4 is 10.6 Å². The minimum absolute atomic E-state index is 0.279. The molecule has 2 atom stereocenters. The predicted octanol–water partition coefficient (Wildman–Crippen LogP) is 1.92. The van der Waals surface area contributed by atoms with E-state index in [-0.39, 0.29) is 6.61 Å². The average molecular weight is 307 g/mol. The highest BCUT2D eigenvalue weighted by atomic mass is 16.5. The lowest BCUT2D eigenvalue weighted by atomic mass is 10.2. The molecule has 1 aromatic rings. The van der Waals surface area contributed by atoms with Crippen LogP contribution in [0.4, 0.5) is 0 Å². The van der Waals surface area contributed by atoms with Gasteiger partial charge >= 0.3 is 0 Å². The van der Waals surface area contributed by atoms with Crippen molar-refractivity contribution in [1.82, 2.24) is 10.6 Å². The van der Waals surface area contributed by atoms with Crippen molar-refractivity contribution < 1.29 is 9.84 Å². The van der Waals surface area contributed by atoms with Gasteiger partial charge in [-0.3, -0.25) is 4.99 Å². The summed E-state index contributed by atoms with van der Waals surface area (Å²) in [6.07, 6.45) is 0.420. The molecular weight excluding hydrogens is 278 g/mol. The molecule has 1 rings (SSSR count). The van der Waals surface area contributed by atoms with Crippen molar-refractivity contribution in [3.63, 3.8) is 0 Å². The second-order valence-corrected chi connectivity index (χ2v) is 5.33. The number of hydrogen-bond acceptors (Lipinski definition) is 3. The van der Waals surface area contributed by atoms with Crippen LogP contribution in [0.15, 0.2) is 35.3 Å². The Kier molecular flexibility index (Phi) is 9.26. The van der Waals surface area contributed by atoms with Crippen molar-refractivity contribution in [1.29, 1.82) is 0 Å². The lowest BCUT2D eigenvalue weighted by Gasteiger charge is -2.17. The van der Waals surface area contributed by atoms with Gasteiger partial charge in [0.2, 0.25) is 0 Å². The van der Waals surface area contributed by atoms with Gasteiger partial charge in [-0.1, -0.05) is 37.3 Å². The number of nitrogens with zero attached hydrogens (tertiary/aromatic N) is 1. The molecule has 0 saturated carbocycles. The van der Waals surface area contributed by atoms with E-state index in [1.54, 1.807) is 0 Å². The summed E-state index contributed by atoms with van der Waals surface area (Å²) in [7, 11) is 0. The molecule has 5 nitrogen and oxygen atoms in total. The molecule has 5 heteroatoms. The predicted molar refractivity (Wildman–Crippen MR) is 91.0 cm³/mol. The third kappa shape index (κ3) is 8.00. The quantitative estimate of drug-likeness (QED) is 0.482. The molecule has 0 amide bonds. The Balaban J connectivity index is 2.32. The van der Waals surface area contributed by atoms with E-state index in [2.05, 4.69) is 29.5 Å². The molecule has 22 heavy (non-hydrogen) atoms. The van der Waals surface area contributed by atoms with E-state index in [1.807, 2.05) is 37.3 Å². The van der Waals surface area contributed by atoms with Gasteiger partial charge in [0.1, 0.15) is 0 Å². The van der Waals surface area contributed by atoms with Crippen LogP contribution >= 0.6 is 0 Å². The zero-order valence-corrected chi connectivity index (χ0v) is 13.9. The van der Waals surface area contributed by atoms with Gasteiger partial charge in [-0.05, 0) is 25.8 Å². The van der Waals surface area contributed by atoms with Crippen molar-refractivity contribution in [3.8, 4) is 0 Å². The van der Waals surface area contributed by atoms with E-state index in [4.69, 9.17) is 4.74 Å². The summed E-state index contributed by atoms with van der Waals surface area (Å²) in [5.41, 5.74) is 1.10. The molecule has 1 aromatic carbocycles. The Morgan fingerprint density at radius 3 is 2.64 bits per heavy atom. The Hall–Kier alpha value is -1.59. The van der Waals surface area contributed by atoms with Crippen LogP contribution in [0.3, 0.4) is 0 Å². The summed E-state index contributed by atoms with van der Waals surface area (Å²) in [5.74, 6) is 0.735. The van der Waals surface area contributed by atoms with E-state index in [0.29, 0.717) is 19.2 Å². The largest absolute Gasteiger partial charge is 0.389 e. The van der Waals surface area contributed by atoms with Gasteiger partial charge < -0.3 is 20.5 Å². The Labute approximate surface area is 133 Å². The van der Waals surface area contributed by atoms with E-state index >= 15 is 0 Å². The number of aliphatic hydroxyl groups is 1. The Morgan fingerprint density at radius 2 is 2.00 bits per heavy atom. The summed E-state index contributed by atoms with van der Waals surface area (Å²) in [4.78, 5) is 4.39. The molecule has 0 radical (unpaired) electrons. The first kappa shape index (κ1) is 18.5. The molecule has 0 heterocycles. The number of benzene rings is 1. The molecule has 124 valence electrons. The number of aliphatic hydroxyl groups excluding tert-OH is 1. The molecule has 0 bridgehead atoms. The van der Waals surface area contributed by atoms with Crippen LogP contribution in [0.1, 0.15) is 32.8 Å². The molecule has 0 fully saturated rings. The maximum atomic E-state index is 9.95. The molecule has 0 aliphatic heterocycles. The molecule has 0 aliphatic carbocycles. The lowest BCUT2D eigenvalue weighted by Crippen LogP contribution is -2.42.